The molecule has 1 rings (SSSR count). The van der Waals surface area contributed by atoms with E-state index in [0.717, 1.165) is 11.3 Å². The summed E-state index contributed by atoms with van der Waals surface area (Å²) in [6.45, 7) is 1.30. The van der Waals surface area contributed by atoms with E-state index in [2.05, 4.69) is 9.72 Å². The maximum absolute atomic E-state index is 11.1. The molecule has 0 fully saturated rings. The van der Waals surface area contributed by atoms with Crippen molar-refractivity contribution in [1.29, 1.82) is 0 Å². The number of esters is 1. The predicted octanol–water partition coefficient (Wildman–Crippen LogP) is 0.145. The van der Waals surface area contributed by atoms with Crippen LogP contribution in [-0.2, 0) is 22.6 Å². The lowest BCUT2D eigenvalue weighted by molar-refractivity contribution is -0.141. The first kappa shape index (κ1) is 12.6. The van der Waals surface area contributed by atoms with Crippen molar-refractivity contribution < 1.29 is 9.53 Å². The average Bonchev–Trinajstić information content (AvgIpc) is 2.29. The second-order valence-electron chi connectivity index (χ2n) is 3.56. The molecule has 0 aliphatic rings. The second kappa shape index (κ2) is 6.19. The van der Waals surface area contributed by atoms with E-state index in [4.69, 9.17) is 5.73 Å². The van der Waals surface area contributed by atoms with Crippen LogP contribution in [0.25, 0.3) is 0 Å². The predicted molar refractivity (Wildman–Crippen MR) is 60.5 cm³/mol. The largest absolute Gasteiger partial charge is 0.468 e. The highest BCUT2D eigenvalue weighted by Crippen LogP contribution is 2.07. The monoisotopic (exact) mass is 223 g/mol. The number of rotatable bonds is 5. The maximum Gasteiger partial charge on any atom is 0.319 e. The van der Waals surface area contributed by atoms with Crippen molar-refractivity contribution >= 4 is 5.97 Å². The highest BCUT2D eigenvalue weighted by atomic mass is 16.5. The summed E-state index contributed by atoms with van der Waals surface area (Å²) in [5, 5.41) is 0. The van der Waals surface area contributed by atoms with Gasteiger partial charge in [0.05, 0.1) is 19.3 Å². The van der Waals surface area contributed by atoms with Gasteiger partial charge in [-0.05, 0) is 18.7 Å². The Balaban J connectivity index is 2.61. The van der Waals surface area contributed by atoms with Crippen molar-refractivity contribution in [2.75, 3.05) is 20.7 Å². The molecule has 0 aliphatic carbocycles. The molecule has 1 aromatic heterocycles. The highest BCUT2D eigenvalue weighted by molar-refractivity contribution is 5.71. The Kier molecular flexibility index (Phi) is 4.88. The summed E-state index contributed by atoms with van der Waals surface area (Å²) in [5.74, 6) is -0.249. The number of hydrogen-bond donors (Lipinski definition) is 1. The number of likely N-dealkylation sites (N-methyl/N-ethyl adjacent to an activating group) is 1. The Morgan fingerprint density at radius 2 is 2.38 bits per heavy atom. The van der Waals surface area contributed by atoms with Crippen LogP contribution in [0.2, 0.25) is 0 Å². The van der Waals surface area contributed by atoms with Gasteiger partial charge < -0.3 is 10.5 Å². The van der Waals surface area contributed by atoms with E-state index in [1.807, 2.05) is 24.1 Å². The number of carbonyl (C=O) groups excluding carboxylic acids is 1. The molecule has 0 aliphatic heterocycles. The topological polar surface area (TPSA) is 68.5 Å². The third kappa shape index (κ3) is 3.60. The van der Waals surface area contributed by atoms with Gasteiger partial charge in [-0.15, -0.1) is 0 Å². The van der Waals surface area contributed by atoms with Crippen molar-refractivity contribution in [1.82, 2.24) is 9.88 Å². The number of pyridine rings is 1. The van der Waals surface area contributed by atoms with Gasteiger partial charge in [-0.1, -0.05) is 6.07 Å². The molecule has 88 valence electrons. The molecule has 1 heterocycles. The van der Waals surface area contributed by atoms with E-state index in [1.54, 1.807) is 6.20 Å². The van der Waals surface area contributed by atoms with E-state index in [-0.39, 0.29) is 12.5 Å². The van der Waals surface area contributed by atoms with Crippen LogP contribution < -0.4 is 5.73 Å². The molecule has 0 bridgehead atoms. The van der Waals surface area contributed by atoms with Gasteiger partial charge in [-0.25, -0.2) is 0 Å². The summed E-state index contributed by atoms with van der Waals surface area (Å²) >= 11 is 0. The maximum atomic E-state index is 11.1. The lowest BCUT2D eigenvalue weighted by atomic mass is 10.2. The molecule has 0 radical (unpaired) electrons. The molecular weight excluding hydrogens is 206 g/mol. The van der Waals surface area contributed by atoms with Gasteiger partial charge >= 0.3 is 5.97 Å². The molecule has 0 aromatic carbocycles. The fraction of sp³-hybridized carbons (Fsp3) is 0.455. The van der Waals surface area contributed by atoms with E-state index in [0.29, 0.717) is 13.1 Å². The summed E-state index contributed by atoms with van der Waals surface area (Å²) in [6, 6.07) is 3.82. The third-order valence-corrected chi connectivity index (χ3v) is 2.24. The molecule has 2 N–H and O–H groups in total. The van der Waals surface area contributed by atoms with Crippen LogP contribution in [-0.4, -0.2) is 36.6 Å². The van der Waals surface area contributed by atoms with Crippen LogP contribution >= 0.6 is 0 Å². The first-order valence-electron chi connectivity index (χ1n) is 5.05. The van der Waals surface area contributed by atoms with Crippen LogP contribution in [0, 0.1) is 0 Å². The molecule has 0 amide bonds. The Morgan fingerprint density at radius 3 is 3.00 bits per heavy atom. The number of methoxy groups -OCH3 is 1. The minimum Gasteiger partial charge on any atom is -0.468 e. The Morgan fingerprint density at radius 1 is 1.62 bits per heavy atom. The third-order valence-electron chi connectivity index (χ3n) is 2.24. The molecule has 0 saturated heterocycles. The van der Waals surface area contributed by atoms with Gasteiger partial charge in [0, 0.05) is 19.3 Å². The molecule has 0 atom stereocenters. The molecule has 0 spiro atoms. The molecule has 5 nitrogen and oxygen atoms in total. The van der Waals surface area contributed by atoms with E-state index in [9.17, 15) is 4.79 Å². The molecule has 16 heavy (non-hydrogen) atoms. The number of nitrogens with two attached hydrogens (primary N) is 1. The van der Waals surface area contributed by atoms with Crippen molar-refractivity contribution in [3.05, 3.63) is 29.6 Å². The number of ether oxygens (including phenoxy) is 1. The normalized spacial score (nSPS) is 10.5. The molecule has 0 saturated carbocycles. The zero-order chi connectivity index (χ0) is 12.0. The number of aromatic nitrogens is 1. The van der Waals surface area contributed by atoms with E-state index in [1.165, 1.54) is 7.11 Å². The first-order valence-corrected chi connectivity index (χ1v) is 5.05. The molecular formula is C11H17N3O2. The minimum atomic E-state index is -0.249. The minimum absolute atomic E-state index is 0.249. The molecule has 1 aromatic rings. The number of carbonyl (C=O) groups is 1. The quantitative estimate of drug-likeness (QED) is 0.719. The Labute approximate surface area is 95.2 Å². The zero-order valence-corrected chi connectivity index (χ0v) is 9.64. The second-order valence-corrected chi connectivity index (χ2v) is 3.56. The van der Waals surface area contributed by atoms with Crippen LogP contribution in [0.3, 0.4) is 0 Å². The number of nitrogens with zero attached hydrogens (tertiary/aromatic N) is 2. The Hall–Kier alpha value is -1.46. The van der Waals surface area contributed by atoms with Gasteiger partial charge in [-0.2, -0.15) is 0 Å². The smallest absolute Gasteiger partial charge is 0.319 e. The van der Waals surface area contributed by atoms with E-state index >= 15 is 0 Å². The highest BCUT2D eigenvalue weighted by Gasteiger charge is 2.09. The number of hydrogen-bond acceptors (Lipinski definition) is 5. The van der Waals surface area contributed by atoms with E-state index < -0.39 is 0 Å². The lowest BCUT2D eigenvalue weighted by Crippen LogP contribution is -2.27. The SMILES string of the molecule is COC(=O)CN(C)Cc1cccnc1CN. The van der Waals surface area contributed by atoms with Crippen LogP contribution in [0.15, 0.2) is 18.3 Å². The first-order chi connectivity index (χ1) is 7.67. The zero-order valence-electron chi connectivity index (χ0n) is 9.64. The van der Waals surface area contributed by atoms with Crippen molar-refractivity contribution in [3.8, 4) is 0 Å². The van der Waals surface area contributed by atoms with Crippen LogP contribution in [0.4, 0.5) is 0 Å². The van der Waals surface area contributed by atoms with Crippen molar-refractivity contribution in [3.63, 3.8) is 0 Å². The summed E-state index contributed by atoms with van der Waals surface area (Å²) < 4.78 is 4.59. The van der Waals surface area contributed by atoms with Crippen LogP contribution in [0.1, 0.15) is 11.3 Å². The van der Waals surface area contributed by atoms with Crippen molar-refractivity contribution in [2.24, 2.45) is 5.73 Å². The lowest BCUT2D eigenvalue weighted by Gasteiger charge is -2.16. The fourth-order valence-corrected chi connectivity index (χ4v) is 1.43. The van der Waals surface area contributed by atoms with Gasteiger partial charge in [0.15, 0.2) is 0 Å². The van der Waals surface area contributed by atoms with Gasteiger partial charge in [0.1, 0.15) is 0 Å². The van der Waals surface area contributed by atoms with Crippen molar-refractivity contribution in [2.45, 2.75) is 13.1 Å². The van der Waals surface area contributed by atoms with Gasteiger partial charge in [-0.3, -0.25) is 14.7 Å². The Bertz CT molecular complexity index is 355. The summed E-state index contributed by atoms with van der Waals surface area (Å²) in [4.78, 5) is 17.1. The van der Waals surface area contributed by atoms with Gasteiger partial charge in [0.25, 0.3) is 0 Å². The molecule has 5 heteroatoms. The summed E-state index contributed by atoms with van der Waals surface area (Å²) in [6.07, 6.45) is 1.71. The average molecular weight is 223 g/mol. The summed E-state index contributed by atoms with van der Waals surface area (Å²) in [7, 11) is 3.23. The van der Waals surface area contributed by atoms with Crippen LogP contribution in [0.5, 0.6) is 0 Å². The standard InChI is InChI=1S/C11H17N3O2/c1-14(8-11(15)16-2)7-9-4-3-5-13-10(9)6-12/h3-5H,6-8,12H2,1-2H3. The van der Waals surface area contributed by atoms with Gasteiger partial charge in [0.2, 0.25) is 0 Å². The fourth-order valence-electron chi connectivity index (χ4n) is 1.43. The summed E-state index contributed by atoms with van der Waals surface area (Å²) in [5.41, 5.74) is 7.48. The molecule has 0 unspecified atom stereocenters.